The number of carbonyl (C=O) groups is 1. The molecule has 1 atom stereocenters. The number of Topliss-reactive ketones (excluding diaryl/α,β-unsaturated/α-hetero) is 1. The van der Waals surface area contributed by atoms with Crippen LogP contribution in [0.3, 0.4) is 0 Å². The fraction of sp³-hybridized carbons (Fsp3) is 0.429. The Morgan fingerprint density at radius 2 is 2.45 bits per heavy atom. The predicted octanol–water partition coefficient (Wildman–Crippen LogP) is 0.981. The lowest BCUT2D eigenvalue weighted by atomic mass is 10.2. The quantitative estimate of drug-likeness (QED) is 0.673. The van der Waals surface area contributed by atoms with Crippen LogP contribution in [0.4, 0.5) is 0 Å². The van der Waals surface area contributed by atoms with E-state index in [1.54, 1.807) is 13.1 Å². The number of carbonyl (C=O) groups excluding carboxylic acids is 1. The Balaban J connectivity index is 2.85. The minimum Gasteiger partial charge on any atom is -0.321 e. The second kappa shape index (κ2) is 3.11. The molecule has 4 heteroatoms. The van der Waals surface area contributed by atoms with Gasteiger partial charge < -0.3 is 5.73 Å². The smallest absolute Gasteiger partial charge is 0.190 e. The summed E-state index contributed by atoms with van der Waals surface area (Å²) >= 11 is 1.38. The third-order valence-electron chi connectivity index (χ3n) is 1.28. The lowest BCUT2D eigenvalue weighted by Gasteiger charge is -1.98. The molecule has 2 N–H and O–H groups in total. The van der Waals surface area contributed by atoms with Gasteiger partial charge in [-0.1, -0.05) is 0 Å². The maximum atomic E-state index is 11.2. The van der Waals surface area contributed by atoms with E-state index in [9.17, 15) is 4.79 Å². The Labute approximate surface area is 69.3 Å². The van der Waals surface area contributed by atoms with E-state index in [2.05, 4.69) is 4.98 Å². The van der Waals surface area contributed by atoms with Crippen molar-refractivity contribution in [2.24, 2.45) is 5.73 Å². The van der Waals surface area contributed by atoms with Crippen molar-refractivity contribution in [2.45, 2.75) is 19.9 Å². The Hall–Kier alpha value is -0.740. The first-order chi connectivity index (χ1) is 5.11. The van der Waals surface area contributed by atoms with Gasteiger partial charge in [-0.2, -0.15) is 0 Å². The Morgan fingerprint density at radius 3 is 2.82 bits per heavy atom. The van der Waals surface area contributed by atoms with Crippen LogP contribution < -0.4 is 5.73 Å². The molecule has 3 nitrogen and oxygen atoms in total. The first-order valence-corrected chi connectivity index (χ1v) is 4.15. The van der Waals surface area contributed by atoms with Crippen LogP contribution in [0.15, 0.2) is 6.20 Å². The zero-order valence-corrected chi connectivity index (χ0v) is 7.31. The van der Waals surface area contributed by atoms with E-state index < -0.39 is 6.04 Å². The lowest BCUT2D eigenvalue weighted by molar-refractivity contribution is 0.0971. The molecule has 0 aliphatic heterocycles. The van der Waals surface area contributed by atoms with E-state index in [-0.39, 0.29) is 5.78 Å². The molecule has 0 fully saturated rings. The van der Waals surface area contributed by atoms with Crippen molar-refractivity contribution in [1.82, 2.24) is 4.98 Å². The largest absolute Gasteiger partial charge is 0.321 e. The van der Waals surface area contributed by atoms with Gasteiger partial charge in [0.2, 0.25) is 0 Å². The highest BCUT2D eigenvalue weighted by atomic mass is 32.1. The van der Waals surface area contributed by atoms with Crippen molar-refractivity contribution in [3.8, 4) is 0 Å². The molecule has 1 aromatic heterocycles. The van der Waals surface area contributed by atoms with Crippen LogP contribution in [0.1, 0.15) is 21.6 Å². The van der Waals surface area contributed by atoms with Crippen LogP contribution in [-0.4, -0.2) is 16.8 Å². The summed E-state index contributed by atoms with van der Waals surface area (Å²) in [6.45, 7) is 3.54. The van der Waals surface area contributed by atoms with Crippen molar-refractivity contribution in [2.75, 3.05) is 0 Å². The van der Waals surface area contributed by atoms with E-state index >= 15 is 0 Å². The molecule has 0 radical (unpaired) electrons. The first-order valence-electron chi connectivity index (χ1n) is 3.33. The summed E-state index contributed by atoms with van der Waals surface area (Å²) in [5.41, 5.74) is 5.41. The van der Waals surface area contributed by atoms with Crippen molar-refractivity contribution < 1.29 is 4.79 Å². The first kappa shape index (κ1) is 8.36. The molecule has 1 rings (SSSR count). The maximum Gasteiger partial charge on any atom is 0.190 e. The number of ketones is 1. The zero-order chi connectivity index (χ0) is 8.43. The number of nitrogens with two attached hydrogens (primary N) is 1. The molecule has 0 aromatic carbocycles. The van der Waals surface area contributed by atoms with Crippen molar-refractivity contribution in [3.05, 3.63) is 16.1 Å². The van der Waals surface area contributed by atoms with E-state index in [1.165, 1.54) is 11.3 Å². The normalized spacial score (nSPS) is 13.0. The number of rotatable bonds is 2. The van der Waals surface area contributed by atoms with Crippen molar-refractivity contribution >= 4 is 17.1 Å². The zero-order valence-electron chi connectivity index (χ0n) is 6.50. The highest BCUT2D eigenvalue weighted by molar-refractivity contribution is 7.13. The molecule has 0 unspecified atom stereocenters. The van der Waals surface area contributed by atoms with Gasteiger partial charge in [0.25, 0.3) is 0 Å². The summed E-state index contributed by atoms with van der Waals surface area (Å²) < 4.78 is 0. The number of nitrogens with zero attached hydrogens (tertiary/aromatic N) is 1. The van der Waals surface area contributed by atoms with Crippen LogP contribution in [0.25, 0.3) is 0 Å². The fourth-order valence-corrected chi connectivity index (χ4v) is 1.52. The van der Waals surface area contributed by atoms with Crippen LogP contribution >= 0.6 is 11.3 Å². The predicted molar refractivity (Wildman–Crippen MR) is 44.8 cm³/mol. The SMILES string of the molecule is Cc1ncc(C(=O)[C@@H](C)N)s1. The van der Waals surface area contributed by atoms with Gasteiger partial charge >= 0.3 is 0 Å². The number of aromatic nitrogens is 1. The Morgan fingerprint density at radius 1 is 1.82 bits per heavy atom. The van der Waals surface area contributed by atoms with Crippen LogP contribution in [0.5, 0.6) is 0 Å². The molecule has 0 saturated heterocycles. The number of hydrogen-bond donors (Lipinski definition) is 1. The molecule has 0 aliphatic rings. The maximum absolute atomic E-state index is 11.2. The molecular weight excluding hydrogens is 160 g/mol. The third-order valence-corrected chi connectivity index (χ3v) is 2.21. The Bertz CT molecular complexity index is 267. The molecule has 11 heavy (non-hydrogen) atoms. The summed E-state index contributed by atoms with van der Waals surface area (Å²) in [5, 5.41) is 0.897. The van der Waals surface area contributed by atoms with E-state index in [0.717, 1.165) is 5.01 Å². The van der Waals surface area contributed by atoms with Gasteiger partial charge in [0.15, 0.2) is 5.78 Å². The van der Waals surface area contributed by atoms with Crippen LogP contribution in [-0.2, 0) is 0 Å². The standard InChI is InChI=1S/C7H10N2OS/c1-4(8)7(10)6-3-9-5(2)11-6/h3-4H,8H2,1-2H3/t4-/m1/s1. The number of thiazole rings is 1. The van der Waals surface area contributed by atoms with Crippen molar-refractivity contribution in [1.29, 1.82) is 0 Å². The Kier molecular flexibility index (Phi) is 2.36. The molecule has 1 heterocycles. The van der Waals surface area contributed by atoms with Gasteiger partial charge in [-0.25, -0.2) is 4.98 Å². The molecule has 1 aromatic rings. The molecule has 60 valence electrons. The molecule has 0 spiro atoms. The van der Waals surface area contributed by atoms with Crippen molar-refractivity contribution in [3.63, 3.8) is 0 Å². The average molecular weight is 170 g/mol. The number of aryl methyl sites for hydroxylation is 1. The molecule has 0 saturated carbocycles. The third kappa shape index (κ3) is 1.85. The van der Waals surface area contributed by atoms with E-state index in [1.807, 2.05) is 6.92 Å². The summed E-state index contributed by atoms with van der Waals surface area (Å²) in [5.74, 6) is -0.0319. The molecule has 0 amide bonds. The summed E-state index contributed by atoms with van der Waals surface area (Å²) in [6.07, 6.45) is 1.58. The summed E-state index contributed by atoms with van der Waals surface area (Å²) in [7, 11) is 0. The topological polar surface area (TPSA) is 56.0 Å². The van der Waals surface area contributed by atoms with Gasteiger partial charge in [-0.3, -0.25) is 4.79 Å². The monoisotopic (exact) mass is 170 g/mol. The van der Waals surface area contributed by atoms with Crippen LogP contribution in [0, 0.1) is 6.92 Å². The van der Waals surface area contributed by atoms with Gasteiger partial charge in [0.05, 0.1) is 15.9 Å². The van der Waals surface area contributed by atoms with Gasteiger partial charge in [-0.15, -0.1) is 11.3 Å². The van der Waals surface area contributed by atoms with Gasteiger partial charge in [-0.05, 0) is 13.8 Å². The average Bonchev–Trinajstić information content (AvgIpc) is 2.34. The van der Waals surface area contributed by atoms with Crippen LogP contribution in [0.2, 0.25) is 0 Å². The van der Waals surface area contributed by atoms with E-state index in [0.29, 0.717) is 4.88 Å². The second-order valence-electron chi connectivity index (χ2n) is 2.40. The molecule has 0 bridgehead atoms. The lowest BCUT2D eigenvalue weighted by Crippen LogP contribution is -2.25. The molecule has 0 aliphatic carbocycles. The minimum absolute atomic E-state index is 0.0319. The highest BCUT2D eigenvalue weighted by Gasteiger charge is 2.12. The summed E-state index contributed by atoms with van der Waals surface area (Å²) in [4.78, 5) is 15.8. The highest BCUT2D eigenvalue weighted by Crippen LogP contribution is 2.12. The van der Waals surface area contributed by atoms with Gasteiger partial charge in [0.1, 0.15) is 0 Å². The van der Waals surface area contributed by atoms with Gasteiger partial charge in [0, 0.05) is 6.20 Å². The minimum atomic E-state index is -0.421. The second-order valence-corrected chi connectivity index (χ2v) is 3.63. The molecular formula is C7H10N2OS. The van der Waals surface area contributed by atoms with E-state index in [4.69, 9.17) is 5.73 Å². The number of hydrogen-bond acceptors (Lipinski definition) is 4. The fourth-order valence-electron chi connectivity index (χ4n) is 0.700. The summed E-state index contributed by atoms with van der Waals surface area (Å²) in [6, 6.07) is -0.421.